The van der Waals surface area contributed by atoms with E-state index in [0.717, 1.165) is 36.8 Å². The molecule has 0 aromatic heterocycles. The fourth-order valence-corrected chi connectivity index (χ4v) is 2.79. The molecule has 8 heteroatoms. The van der Waals surface area contributed by atoms with Gasteiger partial charge in [0.25, 0.3) is 11.6 Å². The van der Waals surface area contributed by atoms with E-state index in [4.69, 9.17) is 5.73 Å². The second-order valence-electron chi connectivity index (χ2n) is 6.06. The third kappa shape index (κ3) is 5.01. The van der Waals surface area contributed by atoms with Crippen LogP contribution in [0.1, 0.15) is 35.3 Å². The van der Waals surface area contributed by atoms with Crippen molar-refractivity contribution in [3.05, 3.63) is 69.0 Å². The number of halogens is 1. The number of carbonyl (C=O) groups excluding carboxylic acids is 1. The average Bonchev–Trinajstić information content (AvgIpc) is 2.66. The number of benzene rings is 2. The Labute approximate surface area is 157 Å². The van der Waals surface area contributed by atoms with Crippen molar-refractivity contribution in [3.8, 4) is 0 Å². The van der Waals surface area contributed by atoms with Crippen molar-refractivity contribution in [2.75, 3.05) is 18.8 Å². The third-order valence-corrected chi connectivity index (χ3v) is 4.41. The molecule has 0 aliphatic heterocycles. The van der Waals surface area contributed by atoms with Crippen LogP contribution in [0.3, 0.4) is 0 Å². The highest BCUT2D eigenvalue weighted by molar-refractivity contribution is 6.01. The molecule has 0 heterocycles. The van der Waals surface area contributed by atoms with Gasteiger partial charge >= 0.3 is 0 Å². The molecule has 0 fully saturated rings. The van der Waals surface area contributed by atoms with Gasteiger partial charge in [-0.1, -0.05) is 38.1 Å². The first-order valence-corrected chi connectivity index (χ1v) is 8.68. The summed E-state index contributed by atoms with van der Waals surface area (Å²) in [6.07, 6.45) is 0. The molecule has 0 atom stereocenters. The van der Waals surface area contributed by atoms with E-state index in [1.807, 2.05) is 24.3 Å². The predicted octanol–water partition coefficient (Wildman–Crippen LogP) is 3.09. The normalized spacial score (nSPS) is 10.8. The number of hydrogen-bond acceptors (Lipinski definition) is 5. The van der Waals surface area contributed by atoms with E-state index < -0.39 is 22.3 Å². The van der Waals surface area contributed by atoms with E-state index in [1.54, 1.807) is 0 Å². The number of nitrogen functional groups attached to an aromatic ring is 1. The molecule has 2 aromatic rings. The number of nitrogens with zero attached hydrogens (tertiary/aromatic N) is 2. The maximum atomic E-state index is 13.6. The molecule has 0 saturated carbocycles. The minimum absolute atomic E-state index is 0.208. The van der Waals surface area contributed by atoms with Gasteiger partial charge in [0, 0.05) is 13.1 Å². The number of nitro groups is 1. The van der Waals surface area contributed by atoms with Gasteiger partial charge in [-0.3, -0.25) is 19.8 Å². The molecule has 0 aliphatic carbocycles. The Balaban J connectivity index is 2.19. The molecule has 7 nitrogen and oxygen atoms in total. The maximum absolute atomic E-state index is 13.6. The Bertz CT molecular complexity index is 838. The predicted molar refractivity (Wildman–Crippen MR) is 102 cm³/mol. The Morgan fingerprint density at radius 1 is 1.22 bits per heavy atom. The summed E-state index contributed by atoms with van der Waals surface area (Å²) in [5.41, 5.74) is 6.45. The van der Waals surface area contributed by atoms with Gasteiger partial charge in [0.2, 0.25) is 0 Å². The van der Waals surface area contributed by atoms with Crippen molar-refractivity contribution in [1.82, 2.24) is 10.2 Å². The lowest BCUT2D eigenvalue weighted by Crippen LogP contribution is -2.26. The van der Waals surface area contributed by atoms with Crippen molar-refractivity contribution >= 4 is 17.3 Å². The number of carbonyl (C=O) groups is 1. The first kappa shape index (κ1) is 20.3. The molecule has 0 saturated heterocycles. The highest BCUT2D eigenvalue weighted by atomic mass is 19.1. The van der Waals surface area contributed by atoms with Crippen molar-refractivity contribution in [2.45, 2.75) is 26.9 Å². The molecular formula is C19H23FN4O3. The highest BCUT2D eigenvalue weighted by Crippen LogP contribution is 2.26. The van der Waals surface area contributed by atoms with Crippen LogP contribution in [0.5, 0.6) is 0 Å². The van der Waals surface area contributed by atoms with Gasteiger partial charge in [0.05, 0.1) is 16.6 Å². The SMILES string of the molecule is CCN(CC)Cc1ccccc1CNC(=O)c1cc(F)cc([N+](=O)[O-])c1N. The highest BCUT2D eigenvalue weighted by Gasteiger charge is 2.21. The fraction of sp³-hybridized carbons (Fsp3) is 0.316. The topological polar surface area (TPSA) is 102 Å². The minimum atomic E-state index is -0.886. The number of anilines is 1. The molecule has 0 radical (unpaired) electrons. The summed E-state index contributed by atoms with van der Waals surface area (Å²) >= 11 is 0. The minimum Gasteiger partial charge on any atom is -0.393 e. The zero-order valence-corrected chi connectivity index (χ0v) is 15.4. The van der Waals surface area contributed by atoms with Crippen LogP contribution in [-0.4, -0.2) is 28.8 Å². The summed E-state index contributed by atoms with van der Waals surface area (Å²) in [4.78, 5) is 24.8. The van der Waals surface area contributed by atoms with Gasteiger partial charge in [-0.25, -0.2) is 4.39 Å². The molecule has 0 unspecified atom stereocenters. The summed E-state index contributed by atoms with van der Waals surface area (Å²) in [7, 11) is 0. The number of nitrogens with two attached hydrogens (primary N) is 1. The van der Waals surface area contributed by atoms with Gasteiger partial charge in [0.15, 0.2) is 0 Å². The first-order valence-electron chi connectivity index (χ1n) is 8.68. The number of nitrogens with one attached hydrogen (secondary N) is 1. The van der Waals surface area contributed by atoms with Gasteiger partial charge in [0.1, 0.15) is 11.5 Å². The van der Waals surface area contributed by atoms with Crippen LogP contribution in [0.4, 0.5) is 15.8 Å². The summed E-state index contributed by atoms with van der Waals surface area (Å²) in [5.74, 6) is -1.55. The molecule has 0 spiro atoms. The van der Waals surface area contributed by atoms with Crippen LogP contribution >= 0.6 is 0 Å². The number of amides is 1. The Morgan fingerprint density at radius 2 is 1.85 bits per heavy atom. The second-order valence-corrected chi connectivity index (χ2v) is 6.06. The van der Waals surface area contributed by atoms with E-state index in [0.29, 0.717) is 6.07 Å². The maximum Gasteiger partial charge on any atom is 0.295 e. The van der Waals surface area contributed by atoms with Crippen LogP contribution in [0.2, 0.25) is 0 Å². The summed E-state index contributed by atoms with van der Waals surface area (Å²) in [5, 5.41) is 13.6. The molecule has 3 N–H and O–H groups in total. The van der Waals surface area contributed by atoms with Crippen molar-refractivity contribution in [2.24, 2.45) is 0 Å². The van der Waals surface area contributed by atoms with E-state index in [1.165, 1.54) is 0 Å². The van der Waals surface area contributed by atoms with E-state index >= 15 is 0 Å². The lowest BCUT2D eigenvalue weighted by molar-refractivity contribution is -0.384. The molecule has 0 bridgehead atoms. The Morgan fingerprint density at radius 3 is 2.44 bits per heavy atom. The van der Waals surface area contributed by atoms with Crippen molar-refractivity contribution < 1.29 is 14.1 Å². The summed E-state index contributed by atoms with van der Waals surface area (Å²) in [6, 6.07) is 9.29. The number of nitro benzene ring substituents is 1. The third-order valence-electron chi connectivity index (χ3n) is 4.41. The summed E-state index contributed by atoms with van der Waals surface area (Å²) < 4.78 is 13.6. The Kier molecular flexibility index (Phi) is 6.84. The second kappa shape index (κ2) is 9.09. The van der Waals surface area contributed by atoms with Crippen LogP contribution in [0.25, 0.3) is 0 Å². The first-order chi connectivity index (χ1) is 12.9. The van der Waals surface area contributed by atoms with Crippen molar-refractivity contribution in [1.29, 1.82) is 0 Å². The Hall–Kier alpha value is -3.00. The lowest BCUT2D eigenvalue weighted by atomic mass is 10.1. The van der Waals surface area contributed by atoms with Gasteiger partial charge in [-0.2, -0.15) is 0 Å². The van der Waals surface area contributed by atoms with Crippen LogP contribution < -0.4 is 11.1 Å². The molecular weight excluding hydrogens is 351 g/mol. The number of rotatable bonds is 8. The van der Waals surface area contributed by atoms with Gasteiger partial charge in [-0.15, -0.1) is 0 Å². The fourth-order valence-electron chi connectivity index (χ4n) is 2.79. The van der Waals surface area contributed by atoms with Crippen LogP contribution in [0, 0.1) is 15.9 Å². The van der Waals surface area contributed by atoms with E-state index in [-0.39, 0.29) is 17.8 Å². The molecule has 144 valence electrons. The zero-order valence-electron chi connectivity index (χ0n) is 15.4. The largest absolute Gasteiger partial charge is 0.393 e. The zero-order chi connectivity index (χ0) is 20.0. The smallest absolute Gasteiger partial charge is 0.295 e. The van der Waals surface area contributed by atoms with E-state index in [9.17, 15) is 19.3 Å². The van der Waals surface area contributed by atoms with Crippen LogP contribution in [-0.2, 0) is 13.1 Å². The summed E-state index contributed by atoms with van der Waals surface area (Å²) in [6.45, 7) is 6.91. The lowest BCUT2D eigenvalue weighted by Gasteiger charge is -2.20. The molecule has 1 amide bonds. The standard InChI is InChI=1S/C19H23FN4O3/c1-3-23(4-2)12-14-8-6-5-7-13(14)11-22-19(25)16-9-15(20)10-17(18(16)21)24(26)27/h5-10H,3-4,11-12,21H2,1-2H3,(H,22,25). The van der Waals surface area contributed by atoms with Crippen LogP contribution in [0.15, 0.2) is 36.4 Å². The van der Waals surface area contributed by atoms with E-state index in [2.05, 4.69) is 24.1 Å². The quantitative estimate of drug-likeness (QED) is 0.420. The molecule has 2 aromatic carbocycles. The van der Waals surface area contributed by atoms with Crippen molar-refractivity contribution in [3.63, 3.8) is 0 Å². The monoisotopic (exact) mass is 374 g/mol. The number of hydrogen-bond donors (Lipinski definition) is 2. The molecule has 27 heavy (non-hydrogen) atoms. The average molecular weight is 374 g/mol. The van der Waals surface area contributed by atoms with Gasteiger partial charge in [-0.05, 0) is 30.3 Å². The molecule has 0 aliphatic rings. The molecule has 2 rings (SSSR count). The van der Waals surface area contributed by atoms with Gasteiger partial charge < -0.3 is 11.1 Å².